The first-order valence-electron chi connectivity index (χ1n) is 10.4. The van der Waals surface area contributed by atoms with Crippen LogP contribution in [-0.4, -0.2) is 46.6 Å². The van der Waals surface area contributed by atoms with Crippen LogP contribution in [0.4, 0.5) is 0 Å². The van der Waals surface area contributed by atoms with E-state index >= 15 is 0 Å². The first kappa shape index (κ1) is 23.6. The average Bonchev–Trinajstić information content (AvgIpc) is 2.80. The van der Waals surface area contributed by atoms with Crippen LogP contribution in [0.25, 0.3) is 11.3 Å². The number of amides is 2. The zero-order valence-corrected chi connectivity index (χ0v) is 18.2. The molecule has 1 saturated carbocycles. The van der Waals surface area contributed by atoms with E-state index in [4.69, 9.17) is 21.6 Å². The summed E-state index contributed by atoms with van der Waals surface area (Å²) in [5.74, 6) is -1.93. The third kappa shape index (κ3) is 5.62. The number of esters is 1. The van der Waals surface area contributed by atoms with Crippen LogP contribution in [0.1, 0.15) is 41.6 Å². The van der Waals surface area contributed by atoms with Gasteiger partial charge in [0.25, 0.3) is 11.5 Å². The van der Waals surface area contributed by atoms with E-state index in [0.29, 0.717) is 36.8 Å². The number of benzene rings is 1. The summed E-state index contributed by atoms with van der Waals surface area (Å²) < 4.78 is 5.64. The zero-order valence-electron chi connectivity index (χ0n) is 18.2. The summed E-state index contributed by atoms with van der Waals surface area (Å²) in [7, 11) is 1.35. The van der Waals surface area contributed by atoms with E-state index in [2.05, 4.69) is 10.4 Å². The Labute approximate surface area is 189 Å². The lowest BCUT2D eigenvalue weighted by molar-refractivity contribution is -0.146. The molecule has 3 rings (SSSR count). The van der Waals surface area contributed by atoms with Gasteiger partial charge < -0.3 is 21.5 Å². The molecular weight excluding hydrogens is 428 g/mol. The fourth-order valence-electron chi connectivity index (χ4n) is 3.82. The molecule has 0 atom stereocenters. The molecule has 0 spiro atoms. The van der Waals surface area contributed by atoms with Crippen LogP contribution in [-0.2, 0) is 20.9 Å². The first-order chi connectivity index (χ1) is 15.7. The van der Waals surface area contributed by atoms with Crippen molar-refractivity contribution in [3.63, 3.8) is 0 Å². The molecule has 33 heavy (non-hydrogen) atoms. The quantitative estimate of drug-likeness (QED) is 0.260. The number of primary amides is 1. The van der Waals surface area contributed by atoms with Gasteiger partial charge in [-0.3, -0.25) is 24.6 Å². The van der Waals surface area contributed by atoms with Gasteiger partial charge in [0.1, 0.15) is 17.9 Å². The second-order valence-corrected chi connectivity index (χ2v) is 7.91. The minimum atomic E-state index is -0.777. The topological polar surface area (TPSA) is 183 Å². The lowest BCUT2D eigenvalue weighted by Gasteiger charge is -2.27. The van der Waals surface area contributed by atoms with E-state index in [-0.39, 0.29) is 35.0 Å². The Kier molecular flexibility index (Phi) is 7.21. The van der Waals surface area contributed by atoms with E-state index < -0.39 is 23.9 Å². The molecule has 1 aliphatic rings. The first-order valence-corrected chi connectivity index (χ1v) is 10.4. The molecule has 0 radical (unpaired) electrons. The van der Waals surface area contributed by atoms with Crippen molar-refractivity contribution in [1.82, 2.24) is 15.1 Å². The number of nitrogen functional groups attached to an aromatic ring is 1. The van der Waals surface area contributed by atoms with Gasteiger partial charge in [0, 0.05) is 17.2 Å². The number of nitrogens with two attached hydrogens (primary N) is 2. The summed E-state index contributed by atoms with van der Waals surface area (Å²) in [4.78, 5) is 48.9. The minimum absolute atomic E-state index is 0.102. The molecule has 0 bridgehead atoms. The van der Waals surface area contributed by atoms with Crippen molar-refractivity contribution in [1.29, 1.82) is 5.41 Å². The van der Waals surface area contributed by atoms with Crippen LogP contribution in [0.5, 0.6) is 0 Å². The molecule has 6 N–H and O–H groups in total. The number of rotatable bonds is 7. The largest absolute Gasteiger partial charge is 0.469 e. The molecule has 1 aromatic heterocycles. The molecule has 2 amide bonds. The van der Waals surface area contributed by atoms with Crippen LogP contribution in [0, 0.1) is 11.3 Å². The highest BCUT2D eigenvalue weighted by Gasteiger charge is 2.28. The second kappa shape index (κ2) is 10.1. The SMILES string of the molecule is COC(=O)C1CCC(NC(=O)c2cc(-c3ccc(C(=N)N)cc3)nn(CC(N)=O)c2=O)CC1. The van der Waals surface area contributed by atoms with Gasteiger partial charge in [-0.15, -0.1) is 0 Å². The molecule has 0 saturated heterocycles. The number of hydrogen-bond donors (Lipinski definition) is 4. The summed E-state index contributed by atoms with van der Waals surface area (Å²) in [6.45, 7) is -0.483. The van der Waals surface area contributed by atoms with Gasteiger partial charge in [-0.25, -0.2) is 4.68 Å². The highest BCUT2D eigenvalue weighted by molar-refractivity contribution is 5.96. The highest BCUT2D eigenvalue weighted by atomic mass is 16.5. The fourth-order valence-corrected chi connectivity index (χ4v) is 3.82. The van der Waals surface area contributed by atoms with Crippen LogP contribution < -0.4 is 22.3 Å². The zero-order chi connectivity index (χ0) is 24.1. The number of carbonyl (C=O) groups is 3. The molecule has 0 aliphatic heterocycles. The third-order valence-electron chi connectivity index (χ3n) is 5.61. The van der Waals surface area contributed by atoms with Gasteiger partial charge >= 0.3 is 5.97 Å². The molecule has 1 fully saturated rings. The van der Waals surface area contributed by atoms with Gasteiger partial charge in [0.15, 0.2) is 0 Å². The van der Waals surface area contributed by atoms with Gasteiger partial charge in [-0.1, -0.05) is 24.3 Å². The molecule has 1 heterocycles. The molecule has 0 unspecified atom stereocenters. The van der Waals surface area contributed by atoms with Crippen molar-refractivity contribution in [2.75, 3.05) is 7.11 Å². The smallest absolute Gasteiger partial charge is 0.308 e. The van der Waals surface area contributed by atoms with Gasteiger partial charge in [-0.05, 0) is 31.7 Å². The fraction of sp³-hybridized carbons (Fsp3) is 0.364. The predicted molar refractivity (Wildman–Crippen MR) is 119 cm³/mol. The number of carbonyl (C=O) groups excluding carboxylic acids is 3. The van der Waals surface area contributed by atoms with Gasteiger partial charge in [0.2, 0.25) is 5.91 Å². The summed E-state index contributed by atoms with van der Waals surface area (Å²) >= 11 is 0. The number of methoxy groups -OCH3 is 1. The molecule has 11 heteroatoms. The maximum Gasteiger partial charge on any atom is 0.308 e. The lowest BCUT2D eigenvalue weighted by Crippen LogP contribution is -2.42. The van der Waals surface area contributed by atoms with Crippen LogP contribution >= 0.6 is 0 Å². The number of hydrogen-bond acceptors (Lipinski definition) is 7. The predicted octanol–water partition coefficient (Wildman–Crippen LogP) is 0.141. The number of amidine groups is 1. The van der Waals surface area contributed by atoms with E-state index in [9.17, 15) is 19.2 Å². The van der Waals surface area contributed by atoms with Gasteiger partial charge in [-0.2, -0.15) is 5.10 Å². The lowest BCUT2D eigenvalue weighted by atomic mass is 9.86. The van der Waals surface area contributed by atoms with Crippen LogP contribution in [0.3, 0.4) is 0 Å². The molecule has 1 aromatic carbocycles. The minimum Gasteiger partial charge on any atom is -0.469 e. The Balaban J connectivity index is 1.87. The van der Waals surface area contributed by atoms with Crippen LogP contribution in [0.15, 0.2) is 35.1 Å². The maximum atomic E-state index is 13.0. The monoisotopic (exact) mass is 454 g/mol. The molecule has 11 nitrogen and oxygen atoms in total. The molecule has 2 aromatic rings. The van der Waals surface area contributed by atoms with Crippen molar-refractivity contribution < 1.29 is 19.1 Å². The molecular formula is C22H26N6O5. The maximum absolute atomic E-state index is 13.0. The molecule has 174 valence electrons. The number of nitrogens with one attached hydrogen (secondary N) is 2. The summed E-state index contributed by atoms with van der Waals surface area (Å²) in [5, 5.41) is 14.5. The summed E-state index contributed by atoms with van der Waals surface area (Å²) in [5.41, 5.74) is 11.2. The van der Waals surface area contributed by atoms with Crippen molar-refractivity contribution in [2.24, 2.45) is 17.4 Å². The Morgan fingerprint density at radius 3 is 2.33 bits per heavy atom. The Hall–Kier alpha value is -4.02. The number of aromatic nitrogens is 2. The van der Waals surface area contributed by atoms with Crippen molar-refractivity contribution in [3.05, 3.63) is 51.8 Å². The Morgan fingerprint density at radius 1 is 1.15 bits per heavy atom. The highest BCUT2D eigenvalue weighted by Crippen LogP contribution is 2.25. The van der Waals surface area contributed by atoms with Crippen molar-refractivity contribution >= 4 is 23.6 Å². The Morgan fingerprint density at radius 2 is 1.79 bits per heavy atom. The number of nitrogens with zero attached hydrogens (tertiary/aromatic N) is 2. The Bertz CT molecular complexity index is 1130. The van der Waals surface area contributed by atoms with E-state index in [0.717, 1.165) is 4.68 Å². The second-order valence-electron chi connectivity index (χ2n) is 7.91. The third-order valence-corrected chi connectivity index (χ3v) is 5.61. The van der Waals surface area contributed by atoms with E-state index in [1.54, 1.807) is 24.3 Å². The summed E-state index contributed by atoms with van der Waals surface area (Å²) in [6.07, 6.45) is 2.30. The van der Waals surface area contributed by atoms with Crippen molar-refractivity contribution in [2.45, 2.75) is 38.3 Å². The normalized spacial score (nSPS) is 17.7. The van der Waals surface area contributed by atoms with Crippen LogP contribution in [0.2, 0.25) is 0 Å². The molecule has 1 aliphatic carbocycles. The van der Waals surface area contributed by atoms with Gasteiger partial charge in [0.05, 0.1) is 18.7 Å². The number of ether oxygens (including phenoxy) is 1. The summed E-state index contributed by atoms with van der Waals surface area (Å²) in [6, 6.07) is 7.68. The average molecular weight is 454 g/mol. The van der Waals surface area contributed by atoms with Crippen molar-refractivity contribution in [3.8, 4) is 11.3 Å². The van der Waals surface area contributed by atoms with E-state index in [1.807, 2.05) is 0 Å². The van der Waals surface area contributed by atoms with E-state index in [1.165, 1.54) is 13.2 Å². The standard InChI is InChI=1S/C22H26N6O5/c1-33-22(32)14-6-8-15(9-7-14)26-20(30)16-10-17(27-28(21(16)31)11-18(23)29)12-2-4-13(5-3-12)19(24)25/h2-5,10,14-15H,6-9,11H2,1H3,(H2,23,29)(H3,24,25)(H,26,30).